The quantitative estimate of drug-likeness (QED) is 0.717. The molecular weight excluding hydrogens is 160 g/mol. The lowest BCUT2D eigenvalue weighted by Gasteiger charge is -2.03. The standard InChI is InChI=1S/C11H12N2/c1-2-8-7-10(12)9-5-3-4-6-11(9)13-8/h3-7H,2H2,1H3,(H2,12,13). The van der Waals surface area contributed by atoms with E-state index >= 15 is 0 Å². The fourth-order valence-corrected chi connectivity index (χ4v) is 1.44. The number of nitrogens with zero attached hydrogens (tertiary/aromatic N) is 1. The van der Waals surface area contributed by atoms with E-state index in [0.29, 0.717) is 0 Å². The summed E-state index contributed by atoms with van der Waals surface area (Å²) in [6, 6.07) is 9.89. The number of nitrogen functional groups attached to an aromatic ring is 1. The Morgan fingerprint density at radius 2 is 2.08 bits per heavy atom. The second kappa shape index (κ2) is 3.05. The summed E-state index contributed by atoms with van der Waals surface area (Å²) in [5.74, 6) is 0. The fourth-order valence-electron chi connectivity index (χ4n) is 1.44. The number of rotatable bonds is 1. The summed E-state index contributed by atoms with van der Waals surface area (Å²) in [4.78, 5) is 4.47. The van der Waals surface area contributed by atoms with Crippen molar-refractivity contribution in [1.82, 2.24) is 4.98 Å². The molecule has 2 rings (SSSR count). The van der Waals surface area contributed by atoms with Gasteiger partial charge in [-0.2, -0.15) is 0 Å². The molecule has 0 aliphatic carbocycles. The van der Waals surface area contributed by atoms with E-state index in [0.717, 1.165) is 28.7 Å². The highest BCUT2D eigenvalue weighted by molar-refractivity contribution is 5.90. The predicted molar refractivity (Wildman–Crippen MR) is 55.5 cm³/mol. The molecule has 0 saturated heterocycles. The molecule has 0 radical (unpaired) electrons. The van der Waals surface area contributed by atoms with Crippen molar-refractivity contribution < 1.29 is 0 Å². The van der Waals surface area contributed by atoms with Crippen molar-refractivity contribution >= 4 is 16.6 Å². The van der Waals surface area contributed by atoms with Crippen LogP contribution < -0.4 is 5.73 Å². The largest absolute Gasteiger partial charge is 0.398 e. The summed E-state index contributed by atoms with van der Waals surface area (Å²) < 4.78 is 0. The molecule has 0 unspecified atom stereocenters. The van der Waals surface area contributed by atoms with Gasteiger partial charge in [0.25, 0.3) is 0 Å². The lowest BCUT2D eigenvalue weighted by atomic mass is 10.1. The lowest BCUT2D eigenvalue weighted by Crippen LogP contribution is -1.93. The normalized spacial score (nSPS) is 10.5. The van der Waals surface area contributed by atoms with Crippen molar-refractivity contribution in [2.75, 3.05) is 5.73 Å². The predicted octanol–water partition coefficient (Wildman–Crippen LogP) is 2.38. The maximum absolute atomic E-state index is 5.89. The molecule has 0 saturated carbocycles. The number of hydrogen-bond acceptors (Lipinski definition) is 2. The topological polar surface area (TPSA) is 38.9 Å². The Balaban J connectivity index is 2.77. The van der Waals surface area contributed by atoms with Crippen LogP contribution in [-0.4, -0.2) is 4.98 Å². The smallest absolute Gasteiger partial charge is 0.0725 e. The minimum absolute atomic E-state index is 0.822. The van der Waals surface area contributed by atoms with Crippen LogP contribution in [-0.2, 0) is 6.42 Å². The second-order valence-corrected chi connectivity index (χ2v) is 3.07. The number of benzene rings is 1. The Kier molecular flexibility index (Phi) is 1.89. The van der Waals surface area contributed by atoms with Gasteiger partial charge in [0.05, 0.1) is 5.52 Å². The molecule has 1 aromatic heterocycles. The molecule has 0 bridgehead atoms. The Morgan fingerprint density at radius 1 is 1.31 bits per heavy atom. The minimum Gasteiger partial charge on any atom is -0.398 e. The first-order valence-electron chi connectivity index (χ1n) is 4.45. The van der Waals surface area contributed by atoms with E-state index in [1.54, 1.807) is 0 Å². The molecule has 2 nitrogen and oxygen atoms in total. The van der Waals surface area contributed by atoms with E-state index in [2.05, 4.69) is 11.9 Å². The fraction of sp³-hybridized carbons (Fsp3) is 0.182. The Morgan fingerprint density at radius 3 is 2.85 bits per heavy atom. The van der Waals surface area contributed by atoms with E-state index in [-0.39, 0.29) is 0 Å². The molecule has 66 valence electrons. The summed E-state index contributed by atoms with van der Waals surface area (Å²) in [7, 11) is 0. The van der Waals surface area contributed by atoms with Gasteiger partial charge in [-0.15, -0.1) is 0 Å². The number of para-hydroxylation sites is 1. The molecule has 0 aliphatic heterocycles. The van der Waals surface area contributed by atoms with Crippen molar-refractivity contribution in [2.24, 2.45) is 0 Å². The highest BCUT2D eigenvalue weighted by Gasteiger charge is 2.00. The average Bonchev–Trinajstić information content (AvgIpc) is 2.18. The summed E-state index contributed by atoms with van der Waals surface area (Å²) in [6.07, 6.45) is 0.926. The molecular formula is C11H12N2. The van der Waals surface area contributed by atoms with Gasteiger partial charge in [-0.25, -0.2) is 0 Å². The van der Waals surface area contributed by atoms with Gasteiger partial charge in [-0.05, 0) is 18.6 Å². The number of pyridine rings is 1. The first-order chi connectivity index (χ1) is 6.31. The van der Waals surface area contributed by atoms with Crippen LogP contribution in [0.5, 0.6) is 0 Å². The van der Waals surface area contributed by atoms with Gasteiger partial charge < -0.3 is 5.73 Å². The van der Waals surface area contributed by atoms with E-state index in [1.165, 1.54) is 0 Å². The van der Waals surface area contributed by atoms with E-state index in [9.17, 15) is 0 Å². The zero-order chi connectivity index (χ0) is 9.26. The highest BCUT2D eigenvalue weighted by Crippen LogP contribution is 2.19. The van der Waals surface area contributed by atoms with Crippen molar-refractivity contribution in [2.45, 2.75) is 13.3 Å². The number of fused-ring (bicyclic) bond motifs is 1. The minimum atomic E-state index is 0.822. The number of nitrogens with two attached hydrogens (primary N) is 1. The van der Waals surface area contributed by atoms with Gasteiger partial charge in [0, 0.05) is 16.8 Å². The molecule has 2 aromatic rings. The number of anilines is 1. The van der Waals surface area contributed by atoms with Gasteiger partial charge in [0.1, 0.15) is 0 Å². The van der Waals surface area contributed by atoms with E-state index < -0.39 is 0 Å². The first-order valence-corrected chi connectivity index (χ1v) is 4.45. The van der Waals surface area contributed by atoms with Crippen molar-refractivity contribution in [3.63, 3.8) is 0 Å². The van der Waals surface area contributed by atoms with Crippen LogP contribution in [0.2, 0.25) is 0 Å². The van der Waals surface area contributed by atoms with Gasteiger partial charge in [0.2, 0.25) is 0 Å². The molecule has 0 atom stereocenters. The van der Waals surface area contributed by atoms with Crippen LogP contribution in [0.4, 0.5) is 5.69 Å². The summed E-state index contributed by atoms with van der Waals surface area (Å²) in [6.45, 7) is 2.08. The third kappa shape index (κ3) is 1.35. The molecule has 0 fully saturated rings. The Hall–Kier alpha value is -1.57. The first kappa shape index (κ1) is 8.05. The molecule has 2 N–H and O–H groups in total. The molecule has 2 heteroatoms. The SMILES string of the molecule is CCc1cc(N)c2ccccc2n1. The average molecular weight is 172 g/mol. The van der Waals surface area contributed by atoms with Crippen LogP contribution in [0, 0.1) is 0 Å². The zero-order valence-electron chi connectivity index (χ0n) is 7.62. The number of hydrogen-bond donors (Lipinski definition) is 1. The van der Waals surface area contributed by atoms with Crippen LogP contribution >= 0.6 is 0 Å². The summed E-state index contributed by atoms with van der Waals surface area (Å²) >= 11 is 0. The van der Waals surface area contributed by atoms with E-state index in [1.807, 2.05) is 30.3 Å². The second-order valence-electron chi connectivity index (χ2n) is 3.07. The van der Waals surface area contributed by atoms with Gasteiger partial charge in [0.15, 0.2) is 0 Å². The highest BCUT2D eigenvalue weighted by atomic mass is 14.7. The number of aromatic nitrogens is 1. The van der Waals surface area contributed by atoms with Gasteiger partial charge in [-0.3, -0.25) is 4.98 Å². The van der Waals surface area contributed by atoms with Crippen molar-refractivity contribution in [3.8, 4) is 0 Å². The van der Waals surface area contributed by atoms with Crippen LogP contribution in [0.1, 0.15) is 12.6 Å². The Labute approximate surface area is 77.4 Å². The third-order valence-corrected chi connectivity index (χ3v) is 2.16. The van der Waals surface area contributed by atoms with Crippen LogP contribution in [0.3, 0.4) is 0 Å². The summed E-state index contributed by atoms with van der Waals surface area (Å²) in [5, 5.41) is 1.04. The third-order valence-electron chi connectivity index (χ3n) is 2.16. The Bertz CT molecular complexity index is 435. The van der Waals surface area contributed by atoms with Gasteiger partial charge >= 0.3 is 0 Å². The lowest BCUT2D eigenvalue weighted by molar-refractivity contribution is 1.06. The van der Waals surface area contributed by atoms with Crippen LogP contribution in [0.15, 0.2) is 30.3 Å². The van der Waals surface area contributed by atoms with Crippen LogP contribution in [0.25, 0.3) is 10.9 Å². The van der Waals surface area contributed by atoms with E-state index in [4.69, 9.17) is 5.73 Å². The molecule has 1 aromatic carbocycles. The van der Waals surface area contributed by atoms with Crippen molar-refractivity contribution in [3.05, 3.63) is 36.0 Å². The summed E-state index contributed by atoms with van der Waals surface area (Å²) in [5.41, 5.74) is 8.75. The maximum Gasteiger partial charge on any atom is 0.0725 e. The molecule has 0 aliphatic rings. The molecule has 13 heavy (non-hydrogen) atoms. The van der Waals surface area contributed by atoms with Gasteiger partial charge in [-0.1, -0.05) is 25.1 Å². The maximum atomic E-state index is 5.89. The number of aryl methyl sites for hydroxylation is 1. The van der Waals surface area contributed by atoms with Crippen molar-refractivity contribution in [1.29, 1.82) is 0 Å². The molecule has 0 spiro atoms. The zero-order valence-corrected chi connectivity index (χ0v) is 7.62. The monoisotopic (exact) mass is 172 g/mol. The molecule has 1 heterocycles. The molecule has 0 amide bonds.